The molecule has 304 valence electrons. The van der Waals surface area contributed by atoms with Crippen molar-refractivity contribution in [1.82, 2.24) is 25.2 Å². The number of aryl methyl sites for hydroxylation is 1. The molecule has 7 rings (SSSR count). The van der Waals surface area contributed by atoms with Crippen molar-refractivity contribution in [2.45, 2.75) is 138 Å². The van der Waals surface area contributed by atoms with Crippen LogP contribution in [0.3, 0.4) is 0 Å². The van der Waals surface area contributed by atoms with E-state index in [0.717, 1.165) is 6.42 Å². The minimum absolute atomic E-state index is 0.130. The molecule has 1 spiro atoms. The Labute approximate surface area is 329 Å². The number of aromatic nitrogens is 1. The van der Waals surface area contributed by atoms with Crippen LogP contribution in [0.15, 0.2) is 30.4 Å². The van der Waals surface area contributed by atoms with Gasteiger partial charge in [0.2, 0.25) is 21.8 Å². The van der Waals surface area contributed by atoms with Crippen LogP contribution in [0.5, 0.6) is 5.75 Å². The lowest BCUT2D eigenvalue weighted by atomic mass is 9.87. The highest BCUT2D eigenvalue weighted by Crippen LogP contribution is 2.50. The van der Waals surface area contributed by atoms with Crippen molar-refractivity contribution in [3.05, 3.63) is 46.6 Å². The van der Waals surface area contributed by atoms with Gasteiger partial charge in [-0.2, -0.15) is 0 Å². The van der Waals surface area contributed by atoms with E-state index >= 15 is 0 Å². The number of fused-ring (bicyclic) bond motifs is 5. The molecule has 0 unspecified atom stereocenters. The summed E-state index contributed by atoms with van der Waals surface area (Å²) in [7, 11) is -4.06. The third kappa shape index (κ3) is 7.79. The number of carbonyl (C=O) groups excluding carboxylic acids is 4. The van der Waals surface area contributed by atoms with Crippen LogP contribution in [0.4, 0.5) is 13.6 Å². The Morgan fingerprint density at radius 1 is 1.12 bits per heavy atom. The third-order valence-electron chi connectivity index (χ3n) is 11.7. The fraction of sp³-hybridized carbons (Fsp3) is 0.615. The SMILES string of the molecule is CC(C)(C)OC(=O)N[C@H]1CCCCC/C=C\[C@@H]2C[C@@]2(C(=O)NS(=O)(=O)C2(C)CC2)NC(=O)[C@@H]2C[C@]3(CCc4c(c(C(F)F)nc5ccc(Cl)cc45)O3)CN2C1=O. The van der Waals surface area contributed by atoms with Crippen molar-refractivity contribution in [3.63, 3.8) is 0 Å². The minimum atomic E-state index is -4.06. The molecule has 4 heterocycles. The number of hydrogen-bond acceptors (Lipinski definition) is 9. The monoisotopic (exact) mass is 819 g/mol. The summed E-state index contributed by atoms with van der Waals surface area (Å²) in [4.78, 5) is 61.8. The first-order valence-corrected chi connectivity index (χ1v) is 21.1. The molecular formula is C39H48ClF2N5O8S. The van der Waals surface area contributed by atoms with E-state index in [-0.39, 0.29) is 44.4 Å². The fourth-order valence-electron chi connectivity index (χ4n) is 8.13. The van der Waals surface area contributed by atoms with Gasteiger partial charge < -0.3 is 25.0 Å². The Balaban J connectivity index is 1.26. The maximum absolute atomic E-state index is 14.7. The van der Waals surface area contributed by atoms with E-state index in [1.54, 1.807) is 45.9 Å². The number of rotatable bonds is 5. The number of hydrogen-bond donors (Lipinski definition) is 3. The topological polar surface area (TPSA) is 173 Å². The van der Waals surface area contributed by atoms with E-state index in [9.17, 15) is 36.4 Å². The largest absolute Gasteiger partial charge is 0.483 e. The number of allylic oxidation sites excluding steroid dienone is 1. The van der Waals surface area contributed by atoms with Crippen LogP contribution < -0.4 is 20.1 Å². The normalized spacial score (nSPS) is 29.5. The maximum Gasteiger partial charge on any atom is 0.408 e. The van der Waals surface area contributed by atoms with Crippen molar-refractivity contribution < 1.29 is 45.9 Å². The molecule has 13 nitrogen and oxygen atoms in total. The minimum Gasteiger partial charge on any atom is -0.483 e. The summed E-state index contributed by atoms with van der Waals surface area (Å²) in [5.74, 6) is -2.87. The van der Waals surface area contributed by atoms with Gasteiger partial charge >= 0.3 is 6.09 Å². The summed E-state index contributed by atoms with van der Waals surface area (Å²) in [5.41, 5.74) is -3.60. The lowest BCUT2D eigenvalue weighted by Gasteiger charge is -2.37. The number of nitrogens with zero attached hydrogens (tertiary/aromatic N) is 2. The average Bonchev–Trinajstić information content (AvgIpc) is 4.00. The Morgan fingerprint density at radius 3 is 2.57 bits per heavy atom. The first kappa shape index (κ1) is 40.2. The first-order chi connectivity index (χ1) is 26.3. The van der Waals surface area contributed by atoms with Gasteiger partial charge in [0, 0.05) is 28.3 Å². The van der Waals surface area contributed by atoms with Crippen LogP contribution in [0.25, 0.3) is 10.9 Å². The van der Waals surface area contributed by atoms with Gasteiger partial charge in [-0.3, -0.25) is 19.1 Å². The number of ether oxygens (including phenoxy) is 2. The van der Waals surface area contributed by atoms with Crippen molar-refractivity contribution >= 4 is 56.3 Å². The number of alkyl carbamates (subject to hydrolysis) is 1. The predicted molar refractivity (Wildman–Crippen MR) is 203 cm³/mol. The summed E-state index contributed by atoms with van der Waals surface area (Å²) >= 11 is 6.29. The van der Waals surface area contributed by atoms with E-state index in [1.165, 1.54) is 4.90 Å². The molecule has 2 aromatic rings. The molecule has 0 radical (unpaired) electrons. The summed E-state index contributed by atoms with van der Waals surface area (Å²) in [6, 6.07) is 2.35. The fourth-order valence-corrected chi connectivity index (χ4v) is 9.61. The summed E-state index contributed by atoms with van der Waals surface area (Å²) in [6.45, 7) is 6.41. The van der Waals surface area contributed by atoms with E-state index in [1.807, 2.05) is 12.2 Å². The van der Waals surface area contributed by atoms with Gasteiger partial charge in [0.05, 0.1) is 16.8 Å². The highest BCUT2D eigenvalue weighted by molar-refractivity contribution is 7.91. The summed E-state index contributed by atoms with van der Waals surface area (Å²) < 4.78 is 68.8. The number of sulfonamides is 1. The zero-order valence-electron chi connectivity index (χ0n) is 31.9. The summed E-state index contributed by atoms with van der Waals surface area (Å²) in [6.07, 6.45) is 3.96. The van der Waals surface area contributed by atoms with Crippen molar-refractivity contribution in [2.75, 3.05) is 6.54 Å². The number of amides is 4. The third-order valence-corrected chi connectivity index (χ3v) is 14.1. The number of nitrogens with one attached hydrogen (secondary N) is 3. The second kappa shape index (κ2) is 14.4. The lowest BCUT2D eigenvalue weighted by Crippen LogP contribution is -2.58. The van der Waals surface area contributed by atoms with Crippen LogP contribution >= 0.6 is 11.6 Å². The highest BCUT2D eigenvalue weighted by atomic mass is 35.5. The van der Waals surface area contributed by atoms with Gasteiger partial charge in [-0.05, 0) is 97.3 Å². The molecule has 5 aliphatic rings. The van der Waals surface area contributed by atoms with Crippen molar-refractivity contribution in [1.29, 1.82) is 0 Å². The van der Waals surface area contributed by atoms with E-state index in [0.29, 0.717) is 53.6 Å². The number of alkyl halides is 2. The zero-order chi connectivity index (χ0) is 40.4. The highest BCUT2D eigenvalue weighted by Gasteiger charge is 2.64. The van der Waals surface area contributed by atoms with E-state index in [2.05, 4.69) is 20.3 Å². The summed E-state index contributed by atoms with van der Waals surface area (Å²) in [5, 5.41) is 6.47. The molecule has 5 atom stereocenters. The van der Waals surface area contributed by atoms with Gasteiger partial charge in [-0.25, -0.2) is 27.0 Å². The predicted octanol–water partition coefficient (Wildman–Crippen LogP) is 5.78. The second-order valence-corrected chi connectivity index (χ2v) is 19.8. The van der Waals surface area contributed by atoms with E-state index < -0.39 is 85.4 Å². The smallest absolute Gasteiger partial charge is 0.408 e. The molecule has 2 saturated carbocycles. The van der Waals surface area contributed by atoms with Crippen LogP contribution in [-0.4, -0.2) is 82.2 Å². The Bertz CT molecular complexity index is 2110. The number of benzene rings is 1. The zero-order valence-corrected chi connectivity index (χ0v) is 33.5. The molecule has 3 fully saturated rings. The molecule has 3 aliphatic heterocycles. The first-order valence-electron chi connectivity index (χ1n) is 19.2. The van der Waals surface area contributed by atoms with E-state index in [4.69, 9.17) is 21.1 Å². The molecule has 4 amide bonds. The van der Waals surface area contributed by atoms with Crippen LogP contribution in [0.2, 0.25) is 5.02 Å². The standard InChI is InChI=1S/C39H48ClF2N5O8S/c1-36(2,3)55-35(51)44-27-11-9-7-5-6-8-10-22-19-39(22,34(50)46-56(52,53)37(4)16-17-37)45-32(48)28-20-38(21-47(28)33(27)49)15-14-24-25-18-23(40)12-13-26(25)43-29(31(41)42)30(24)54-38/h8,10,12-13,18,22,27-28,31H,5-7,9,11,14-17,19-21H2,1-4H3,(H,44,51)(H,45,48)(H,46,50)/b10-8-/t22-,27+,28+,38-,39-/m1/s1. The average molecular weight is 820 g/mol. The number of halogens is 3. The lowest BCUT2D eigenvalue weighted by molar-refractivity contribution is -0.141. The Hall–Kier alpha value is -4.05. The number of pyridine rings is 1. The molecule has 56 heavy (non-hydrogen) atoms. The molecule has 1 aromatic heterocycles. The van der Waals surface area contributed by atoms with Gasteiger partial charge in [0.25, 0.3) is 12.3 Å². The van der Waals surface area contributed by atoms with Crippen LogP contribution in [-0.2, 0) is 35.6 Å². The molecular weight excluding hydrogens is 772 g/mol. The van der Waals surface area contributed by atoms with Gasteiger partial charge in [-0.15, -0.1) is 0 Å². The molecule has 0 bridgehead atoms. The molecule has 1 saturated heterocycles. The second-order valence-electron chi connectivity index (χ2n) is 17.2. The molecule has 17 heteroatoms. The van der Waals surface area contributed by atoms with Gasteiger partial charge in [0.1, 0.15) is 34.5 Å². The molecule has 2 aliphatic carbocycles. The Kier molecular flexibility index (Phi) is 10.3. The molecule has 3 N–H and O–H groups in total. The van der Waals surface area contributed by atoms with Gasteiger partial charge in [0.15, 0.2) is 5.75 Å². The van der Waals surface area contributed by atoms with Gasteiger partial charge in [-0.1, -0.05) is 36.6 Å². The quantitative estimate of drug-likeness (QED) is 0.317. The van der Waals surface area contributed by atoms with Crippen molar-refractivity contribution in [2.24, 2.45) is 5.92 Å². The van der Waals surface area contributed by atoms with Crippen LogP contribution in [0.1, 0.15) is 110 Å². The number of carbonyl (C=O) groups is 4. The Morgan fingerprint density at radius 2 is 1.88 bits per heavy atom. The van der Waals surface area contributed by atoms with Crippen LogP contribution in [0, 0.1) is 5.92 Å². The van der Waals surface area contributed by atoms with Crippen molar-refractivity contribution in [3.8, 4) is 5.75 Å². The molecule has 1 aromatic carbocycles. The maximum atomic E-state index is 14.7.